The van der Waals surface area contributed by atoms with Gasteiger partial charge in [0.1, 0.15) is 5.75 Å². The normalized spacial score (nSPS) is 10.4. The zero-order valence-electron chi connectivity index (χ0n) is 8.01. The molecular weight excluding hydrogens is 176 g/mol. The molecule has 0 unspecified atom stereocenters. The van der Waals surface area contributed by atoms with Crippen molar-refractivity contribution in [2.24, 2.45) is 0 Å². The third-order valence-electron chi connectivity index (χ3n) is 2.17. The van der Waals surface area contributed by atoms with Crippen molar-refractivity contribution in [3.63, 3.8) is 0 Å². The van der Waals surface area contributed by atoms with Gasteiger partial charge in [-0.2, -0.15) is 5.10 Å². The van der Waals surface area contributed by atoms with Gasteiger partial charge >= 0.3 is 0 Å². The number of aryl methyl sites for hydroxylation is 1. The summed E-state index contributed by atoms with van der Waals surface area (Å²) in [7, 11) is 0. The van der Waals surface area contributed by atoms with Crippen molar-refractivity contribution in [1.29, 1.82) is 0 Å². The first-order valence-corrected chi connectivity index (χ1v) is 4.62. The van der Waals surface area contributed by atoms with Crippen molar-refractivity contribution < 1.29 is 5.11 Å². The Hall–Kier alpha value is -1.77. The maximum absolute atomic E-state index is 9.61. The summed E-state index contributed by atoms with van der Waals surface area (Å²) >= 11 is 0. The van der Waals surface area contributed by atoms with Crippen LogP contribution in [0, 0.1) is 0 Å². The number of aromatic nitrogens is 2. The number of phenolic OH excluding ortho intramolecular Hbond substituents is 1. The number of hydrogen-bond acceptors (Lipinski definition) is 2. The lowest BCUT2D eigenvalue weighted by molar-refractivity contribution is 0.477. The number of aromatic hydroxyl groups is 1. The van der Waals surface area contributed by atoms with Crippen molar-refractivity contribution in [3.05, 3.63) is 36.7 Å². The van der Waals surface area contributed by atoms with Gasteiger partial charge in [0.15, 0.2) is 0 Å². The Labute approximate surface area is 82.6 Å². The number of phenols is 1. The van der Waals surface area contributed by atoms with E-state index in [0.717, 1.165) is 17.7 Å². The lowest BCUT2D eigenvalue weighted by Gasteiger charge is -1.99. The Bertz CT molecular complexity index is 434. The van der Waals surface area contributed by atoms with Crippen LogP contribution in [0.5, 0.6) is 5.75 Å². The molecule has 0 radical (unpaired) electrons. The molecule has 2 aromatic rings. The molecule has 3 nitrogen and oxygen atoms in total. The van der Waals surface area contributed by atoms with Crippen LogP contribution in [0.2, 0.25) is 0 Å². The van der Waals surface area contributed by atoms with E-state index in [2.05, 4.69) is 5.10 Å². The summed E-state index contributed by atoms with van der Waals surface area (Å²) in [5.74, 6) is 0.295. The highest BCUT2D eigenvalue weighted by Crippen LogP contribution is 2.27. The summed E-state index contributed by atoms with van der Waals surface area (Å²) in [4.78, 5) is 0. The van der Waals surface area contributed by atoms with Gasteiger partial charge in [0, 0.05) is 23.9 Å². The van der Waals surface area contributed by atoms with Crippen LogP contribution in [0.4, 0.5) is 0 Å². The minimum Gasteiger partial charge on any atom is -0.507 e. The molecule has 14 heavy (non-hydrogen) atoms. The molecule has 72 valence electrons. The highest BCUT2D eigenvalue weighted by molar-refractivity contribution is 5.68. The van der Waals surface area contributed by atoms with E-state index in [-0.39, 0.29) is 0 Å². The summed E-state index contributed by atoms with van der Waals surface area (Å²) in [6.07, 6.45) is 3.69. The molecule has 0 fully saturated rings. The van der Waals surface area contributed by atoms with Crippen LogP contribution < -0.4 is 0 Å². The Balaban J connectivity index is 2.44. The summed E-state index contributed by atoms with van der Waals surface area (Å²) in [5, 5.41) is 13.8. The third kappa shape index (κ3) is 1.48. The van der Waals surface area contributed by atoms with Gasteiger partial charge in [0.05, 0.1) is 6.20 Å². The average Bonchev–Trinajstić information content (AvgIpc) is 2.67. The topological polar surface area (TPSA) is 38.0 Å². The van der Waals surface area contributed by atoms with Gasteiger partial charge < -0.3 is 5.11 Å². The number of hydrogen-bond donors (Lipinski definition) is 1. The summed E-state index contributed by atoms with van der Waals surface area (Å²) < 4.78 is 1.84. The second-order valence-electron chi connectivity index (χ2n) is 3.10. The highest BCUT2D eigenvalue weighted by atomic mass is 16.3. The summed E-state index contributed by atoms with van der Waals surface area (Å²) in [6.45, 7) is 2.87. The first-order chi connectivity index (χ1) is 6.81. The van der Waals surface area contributed by atoms with Crippen LogP contribution >= 0.6 is 0 Å². The maximum Gasteiger partial charge on any atom is 0.123 e. The van der Waals surface area contributed by atoms with Gasteiger partial charge in [-0.25, -0.2) is 0 Å². The Morgan fingerprint density at radius 1 is 1.36 bits per heavy atom. The summed E-state index contributed by atoms with van der Waals surface area (Å²) in [6, 6.07) is 7.27. The van der Waals surface area contributed by atoms with E-state index in [4.69, 9.17) is 0 Å². The lowest BCUT2D eigenvalue weighted by atomic mass is 10.1. The van der Waals surface area contributed by atoms with Gasteiger partial charge in [-0.3, -0.25) is 4.68 Å². The first kappa shape index (κ1) is 8.81. The minimum atomic E-state index is 0.295. The number of para-hydroxylation sites is 1. The largest absolute Gasteiger partial charge is 0.507 e. The Morgan fingerprint density at radius 3 is 2.79 bits per heavy atom. The molecule has 0 atom stereocenters. The maximum atomic E-state index is 9.61. The zero-order chi connectivity index (χ0) is 9.97. The molecule has 1 heterocycles. The molecular formula is C11H12N2O. The molecule has 3 heteroatoms. The van der Waals surface area contributed by atoms with Gasteiger partial charge in [-0.15, -0.1) is 0 Å². The standard InChI is InChI=1S/C11H12N2O/c1-2-13-8-9(7-12-13)10-5-3-4-6-11(10)14/h3-8,14H,2H2,1H3. The van der Waals surface area contributed by atoms with Crippen LogP contribution in [-0.2, 0) is 6.54 Å². The first-order valence-electron chi connectivity index (χ1n) is 4.62. The molecule has 2 rings (SSSR count). The van der Waals surface area contributed by atoms with Gasteiger partial charge in [0.2, 0.25) is 0 Å². The molecule has 0 saturated heterocycles. The van der Waals surface area contributed by atoms with Gasteiger partial charge in [-0.05, 0) is 13.0 Å². The Morgan fingerprint density at radius 2 is 2.14 bits per heavy atom. The average molecular weight is 188 g/mol. The Kier molecular flexibility index (Phi) is 2.23. The van der Waals surface area contributed by atoms with E-state index in [9.17, 15) is 5.11 Å². The van der Waals surface area contributed by atoms with Crippen LogP contribution in [0.15, 0.2) is 36.7 Å². The van der Waals surface area contributed by atoms with E-state index < -0.39 is 0 Å². The SMILES string of the molecule is CCn1cc(-c2ccccc2O)cn1. The van der Waals surface area contributed by atoms with Crippen LogP contribution in [0.1, 0.15) is 6.92 Å². The van der Waals surface area contributed by atoms with Crippen molar-refractivity contribution in [3.8, 4) is 16.9 Å². The van der Waals surface area contributed by atoms with Gasteiger partial charge in [-0.1, -0.05) is 18.2 Å². The fraction of sp³-hybridized carbons (Fsp3) is 0.182. The number of benzene rings is 1. The number of nitrogens with zero attached hydrogens (tertiary/aromatic N) is 2. The van der Waals surface area contributed by atoms with Crippen molar-refractivity contribution >= 4 is 0 Å². The fourth-order valence-electron chi connectivity index (χ4n) is 1.39. The highest BCUT2D eigenvalue weighted by Gasteiger charge is 2.04. The van der Waals surface area contributed by atoms with E-state index in [0.29, 0.717) is 5.75 Å². The molecule has 0 saturated carbocycles. The summed E-state index contributed by atoms with van der Waals surface area (Å²) in [5.41, 5.74) is 1.78. The van der Waals surface area contributed by atoms with Crippen LogP contribution in [-0.4, -0.2) is 14.9 Å². The fourth-order valence-corrected chi connectivity index (χ4v) is 1.39. The third-order valence-corrected chi connectivity index (χ3v) is 2.17. The molecule has 0 aliphatic rings. The van der Waals surface area contributed by atoms with Crippen molar-refractivity contribution in [1.82, 2.24) is 9.78 Å². The molecule has 0 amide bonds. The van der Waals surface area contributed by atoms with Crippen molar-refractivity contribution in [2.75, 3.05) is 0 Å². The second-order valence-corrected chi connectivity index (χ2v) is 3.10. The predicted octanol–water partition coefficient (Wildman–Crippen LogP) is 2.28. The van der Waals surface area contributed by atoms with Crippen LogP contribution in [0.3, 0.4) is 0 Å². The van der Waals surface area contributed by atoms with E-state index in [1.807, 2.05) is 36.0 Å². The van der Waals surface area contributed by atoms with Crippen molar-refractivity contribution in [2.45, 2.75) is 13.5 Å². The van der Waals surface area contributed by atoms with Gasteiger partial charge in [0.25, 0.3) is 0 Å². The smallest absolute Gasteiger partial charge is 0.123 e. The van der Waals surface area contributed by atoms with E-state index in [1.165, 1.54) is 0 Å². The minimum absolute atomic E-state index is 0.295. The molecule has 0 aliphatic carbocycles. The molecule has 1 N–H and O–H groups in total. The number of rotatable bonds is 2. The quantitative estimate of drug-likeness (QED) is 0.785. The monoisotopic (exact) mass is 188 g/mol. The van der Waals surface area contributed by atoms with E-state index in [1.54, 1.807) is 12.3 Å². The molecule has 0 spiro atoms. The lowest BCUT2D eigenvalue weighted by Crippen LogP contribution is -1.91. The molecule has 0 bridgehead atoms. The molecule has 1 aromatic carbocycles. The zero-order valence-corrected chi connectivity index (χ0v) is 8.01. The predicted molar refractivity (Wildman–Crippen MR) is 55.0 cm³/mol. The molecule has 1 aromatic heterocycles. The van der Waals surface area contributed by atoms with Crippen LogP contribution in [0.25, 0.3) is 11.1 Å². The molecule has 0 aliphatic heterocycles. The van der Waals surface area contributed by atoms with E-state index >= 15 is 0 Å². The second kappa shape index (κ2) is 3.54.